The van der Waals surface area contributed by atoms with Crippen molar-refractivity contribution in [3.63, 3.8) is 0 Å². The van der Waals surface area contributed by atoms with Gasteiger partial charge in [0.2, 0.25) is 0 Å². The van der Waals surface area contributed by atoms with Gasteiger partial charge in [0.15, 0.2) is 23.0 Å². The van der Waals surface area contributed by atoms with Gasteiger partial charge in [-0.05, 0) is 40.3 Å². The van der Waals surface area contributed by atoms with Crippen molar-refractivity contribution in [2.24, 2.45) is 5.92 Å². The van der Waals surface area contributed by atoms with E-state index in [4.69, 9.17) is 4.74 Å². The molecule has 0 bridgehead atoms. The SMILES string of the molecule is OC1=C(O)C2OCC3(O)C=c4cc(O)c(O)cc4=C3C2C=C1. The summed E-state index contributed by atoms with van der Waals surface area (Å²) in [5, 5.41) is 51.0. The molecule has 114 valence electrons. The lowest BCUT2D eigenvalue weighted by Gasteiger charge is -2.41. The van der Waals surface area contributed by atoms with E-state index in [1.54, 1.807) is 12.2 Å². The zero-order valence-corrected chi connectivity index (χ0v) is 11.4. The van der Waals surface area contributed by atoms with Gasteiger partial charge in [0.25, 0.3) is 0 Å². The van der Waals surface area contributed by atoms with E-state index in [0.29, 0.717) is 16.0 Å². The van der Waals surface area contributed by atoms with Crippen LogP contribution in [0.15, 0.2) is 35.8 Å². The molecule has 5 N–H and O–H groups in total. The van der Waals surface area contributed by atoms with Crippen molar-refractivity contribution in [1.82, 2.24) is 0 Å². The van der Waals surface area contributed by atoms with Crippen molar-refractivity contribution in [2.75, 3.05) is 6.61 Å². The average molecular weight is 302 g/mol. The number of aliphatic hydroxyl groups is 3. The van der Waals surface area contributed by atoms with Crippen LogP contribution in [0.5, 0.6) is 11.5 Å². The highest BCUT2D eigenvalue weighted by molar-refractivity contribution is 5.76. The van der Waals surface area contributed by atoms with E-state index in [1.165, 1.54) is 18.2 Å². The lowest BCUT2D eigenvalue weighted by Crippen LogP contribution is -2.48. The van der Waals surface area contributed by atoms with Gasteiger partial charge in [-0.3, -0.25) is 0 Å². The molecule has 4 rings (SSSR count). The van der Waals surface area contributed by atoms with Crippen molar-refractivity contribution in [3.8, 4) is 11.5 Å². The summed E-state index contributed by atoms with van der Waals surface area (Å²) >= 11 is 0. The van der Waals surface area contributed by atoms with Gasteiger partial charge in [0.1, 0.15) is 11.7 Å². The third-order valence-electron chi connectivity index (χ3n) is 4.43. The van der Waals surface area contributed by atoms with E-state index in [2.05, 4.69) is 0 Å². The maximum atomic E-state index is 10.8. The number of allylic oxidation sites excluding steroid dienone is 1. The smallest absolute Gasteiger partial charge is 0.164 e. The molecule has 0 spiro atoms. The van der Waals surface area contributed by atoms with Gasteiger partial charge in [-0.15, -0.1) is 0 Å². The fraction of sp³-hybridized carbons (Fsp3) is 0.250. The zero-order valence-electron chi connectivity index (χ0n) is 11.4. The molecule has 6 heteroatoms. The molecule has 6 nitrogen and oxygen atoms in total. The van der Waals surface area contributed by atoms with Crippen LogP contribution in [0.4, 0.5) is 0 Å². The highest BCUT2D eigenvalue weighted by Gasteiger charge is 2.48. The Bertz CT molecular complexity index is 865. The third kappa shape index (κ3) is 1.56. The first-order valence-electron chi connectivity index (χ1n) is 6.84. The Hall–Kier alpha value is -2.44. The van der Waals surface area contributed by atoms with Crippen LogP contribution in [-0.2, 0) is 4.74 Å². The summed E-state index contributed by atoms with van der Waals surface area (Å²) in [4.78, 5) is 0. The number of fused-ring (bicyclic) bond motifs is 4. The Morgan fingerprint density at radius 3 is 2.59 bits per heavy atom. The van der Waals surface area contributed by atoms with Crippen LogP contribution in [0.2, 0.25) is 0 Å². The minimum atomic E-state index is -1.37. The molecule has 1 heterocycles. The molecular weight excluding hydrogens is 288 g/mol. The molecule has 0 amide bonds. The van der Waals surface area contributed by atoms with Crippen LogP contribution in [0.25, 0.3) is 11.6 Å². The molecule has 2 aliphatic carbocycles. The van der Waals surface area contributed by atoms with Crippen LogP contribution in [-0.4, -0.2) is 43.8 Å². The third-order valence-corrected chi connectivity index (χ3v) is 4.43. The predicted octanol–water partition coefficient (Wildman–Crippen LogP) is -0.314. The number of ether oxygens (including phenoxy) is 1. The van der Waals surface area contributed by atoms with Gasteiger partial charge in [-0.25, -0.2) is 0 Å². The van der Waals surface area contributed by atoms with Gasteiger partial charge < -0.3 is 30.3 Å². The number of aliphatic hydroxyl groups excluding tert-OH is 2. The lowest BCUT2D eigenvalue weighted by molar-refractivity contribution is -0.0533. The minimum Gasteiger partial charge on any atom is -0.506 e. The second-order valence-electron chi connectivity index (χ2n) is 5.80. The second kappa shape index (κ2) is 4.06. The summed E-state index contributed by atoms with van der Waals surface area (Å²) in [7, 11) is 0. The number of aromatic hydroxyl groups is 2. The minimum absolute atomic E-state index is 0.0924. The molecule has 1 aromatic rings. The van der Waals surface area contributed by atoms with Crippen molar-refractivity contribution in [1.29, 1.82) is 0 Å². The molecule has 3 atom stereocenters. The summed E-state index contributed by atoms with van der Waals surface area (Å²) < 4.78 is 5.53. The van der Waals surface area contributed by atoms with Gasteiger partial charge in [-0.2, -0.15) is 0 Å². The first-order chi connectivity index (χ1) is 10.4. The predicted molar refractivity (Wildman–Crippen MR) is 76.5 cm³/mol. The highest BCUT2D eigenvalue weighted by atomic mass is 16.5. The summed E-state index contributed by atoms with van der Waals surface area (Å²) in [6, 6.07) is 2.77. The fourth-order valence-corrected chi connectivity index (χ4v) is 3.45. The van der Waals surface area contributed by atoms with Crippen molar-refractivity contribution in [3.05, 3.63) is 46.2 Å². The molecule has 0 aromatic heterocycles. The number of benzene rings is 1. The molecule has 1 fully saturated rings. The monoisotopic (exact) mass is 302 g/mol. The Labute approximate surface area is 124 Å². The van der Waals surface area contributed by atoms with Gasteiger partial charge >= 0.3 is 0 Å². The lowest BCUT2D eigenvalue weighted by atomic mass is 9.77. The molecule has 1 aliphatic heterocycles. The summed E-state index contributed by atoms with van der Waals surface area (Å²) in [6.07, 6.45) is 3.79. The van der Waals surface area contributed by atoms with Crippen molar-refractivity contribution >= 4 is 11.6 Å². The Kier molecular flexibility index (Phi) is 2.44. The van der Waals surface area contributed by atoms with Crippen LogP contribution in [0.1, 0.15) is 0 Å². The van der Waals surface area contributed by atoms with Gasteiger partial charge in [0, 0.05) is 5.92 Å². The zero-order chi connectivity index (χ0) is 15.6. The van der Waals surface area contributed by atoms with E-state index in [9.17, 15) is 25.5 Å². The van der Waals surface area contributed by atoms with Gasteiger partial charge in [-0.1, -0.05) is 6.08 Å². The van der Waals surface area contributed by atoms with Crippen LogP contribution < -0.4 is 10.4 Å². The Balaban J connectivity index is 2.00. The van der Waals surface area contributed by atoms with Gasteiger partial charge in [0.05, 0.1) is 6.61 Å². The summed E-state index contributed by atoms with van der Waals surface area (Å²) in [5.41, 5.74) is -0.800. The van der Waals surface area contributed by atoms with E-state index in [1.807, 2.05) is 0 Å². The molecular formula is C16H14O6. The van der Waals surface area contributed by atoms with Crippen LogP contribution in [0, 0.1) is 5.92 Å². The molecule has 22 heavy (non-hydrogen) atoms. The van der Waals surface area contributed by atoms with E-state index in [-0.39, 0.29) is 29.6 Å². The standard InChI is InChI=1S/C16H14O6/c17-10-2-1-8-13-9-4-12(19)11(18)3-7(9)5-16(13,21)6-22-15(8)14(10)20/h1-5,8,15,17-21H,6H2. The molecule has 1 aromatic carbocycles. The van der Waals surface area contributed by atoms with Crippen molar-refractivity contribution in [2.45, 2.75) is 11.7 Å². The number of rotatable bonds is 0. The topological polar surface area (TPSA) is 110 Å². The molecule has 3 aliphatic rings. The maximum Gasteiger partial charge on any atom is 0.164 e. The summed E-state index contributed by atoms with van der Waals surface area (Å²) in [6.45, 7) is -0.0924. The second-order valence-corrected chi connectivity index (χ2v) is 5.80. The molecule has 3 unspecified atom stereocenters. The first kappa shape index (κ1) is 13.2. The maximum absolute atomic E-state index is 10.8. The van der Waals surface area contributed by atoms with E-state index >= 15 is 0 Å². The molecule has 0 saturated carbocycles. The van der Waals surface area contributed by atoms with E-state index in [0.717, 1.165) is 0 Å². The number of hydrogen-bond donors (Lipinski definition) is 5. The quantitative estimate of drug-likeness (QED) is 0.420. The van der Waals surface area contributed by atoms with Crippen LogP contribution >= 0.6 is 0 Å². The summed E-state index contributed by atoms with van der Waals surface area (Å²) in [5.74, 6) is -1.57. The molecule has 1 saturated heterocycles. The average Bonchev–Trinajstić information content (AvgIpc) is 2.75. The Morgan fingerprint density at radius 1 is 1.09 bits per heavy atom. The molecule has 0 radical (unpaired) electrons. The number of phenols is 2. The first-order valence-corrected chi connectivity index (χ1v) is 6.84. The normalized spacial score (nSPS) is 32.3. The number of phenolic OH excluding ortho intramolecular Hbond substituents is 2. The fourth-order valence-electron chi connectivity index (χ4n) is 3.45. The van der Waals surface area contributed by atoms with E-state index < -0.39 is 17.6 Å². The highest BCUT2D eigenvalue weighted by Crippen LogP contribution is 2.42. The number of hydrogen-bond acceptors (Lipinski definition) is 6. The Morgan fingerprint density at radius 2 is 1.82 bits per heavy atom. The van der Waals surface area contributed by atoms with Crippen molar-refractivity contribution < 1.29 is 30.3 Å². The van der Waals surface area contributed by atoms with Crippen LogP contribution in [0.3, 0.4) is 0 Å². The largest absolute Gasteiger partial charge is 0.506 e.